The Balaban J connectivity index is 1.87. The molecule has 2 heterocycles. The summed E-state index contributed by atoms with van der Waals surface area (Å²) < 4.78 is 2.37. The van der Waals surface area contributed by atoms with Crippen LogP contribution >= 0.6 is 0 Å². The zero-order chi connectivity index (χ0) is 21.7. The number of aromatic nitrogens is 3. The summed E-state index contributed by atoms with van der Waals surface area (Å²) in [7, 11) is 0. The van der Waals surface area contributed by atoms with E-state index < -0.39 is 0 Å². The van der Waals surface area contributed by atoms with Crippen molar-refractivity contribution in [2.24, 2.45) is 5.92 Å². The Labute approximate surface area is 184 Å². The summed E-state index contributed by atoms with van der Waals surface area (Å²) in [6.07, 6.45) is 3.81. The molecule has 0 unspecified atom stereocenters. The van der Waals surface area contributed by atoms with Crippen molar-refractivity contribution < 1.29 is 0 Å². The summed E-state index contributed by atoms with van der Waals surface area (Å²) in [5.74, 6) is 2.76. The molecule has 1 aliphatic carbocycles. The van der Waals surface area contributed by atoms with Gasteiger partial charge in [0.25, 0.3) is 0 Å². The molecule has 4 nitrogen and oxygen atoms in total. The highest BCUT2D eigenvalue weighted by molar-refractivity contribution is 6.13. The standard InChI is InChI=1S/C27H32N4/c1-6-13-30(16-21-11-12-21)26-24-22-9-7-8-10-23(22)31(27(24)29-20(5)28-26)25-18(3)14-17(2)15-19(25)4/h7-10,14-15,21H,6,11-13,16H2,1-5H3. The quantitative estimate of drug-likeness (QED) is 0.366. The van der Waals surface area contributed by atoms with Gasteiger partial charge in [-0.2, -0.15) is 0 Å². The van der Waals surface area contributed by atoms with Gasteiger partial charge in [-0.15, -0.1) is 0 Å². The van der Waals surface area contributed by atoms with E-state index in [-0.39, 0.29) is 0 Å². The first-order valence-corrected chi connectivity index (χ1v) is 11.6. The molecule has 0 N–H and O–H groups in total. The maximum atomic E-state index is 5.02. The van der Waals surface area contributed by atoms with Crippen LogP contribution in [0.4, 0.5) is 5.82 Å². The predicted octanol–water partition coefficient (Wildman–Crippen LogP) is 6.43. The van der Waals surface area contributed by atoms with Crippen LogP contribution in [-0.4, -0.2) is 27.6 Å². The Morgan fingerprint density at radius 1 is 1.00 bits per heavy atom. The first-order valence-electron chi connectivity index (χ1n) is 11.6. The van der Waals surface area contributed by atoms with E-state index in [1.807, 2.05) is 6.92 Å². The molecule has 0 radical (unpaired) electrons. The van der Waals surface area contributed by atoms with Gasteiger partial charge < -0.3 is 4.90 Å². The van der Waals surface area contributed by atoms with Gasteiger partial charge >= 0.3 is 0 Å². The maximum absolute atomic E-state index is 5.02. The van der Waals surface area contributed by atoms with E-state index in [9.17, 15) is 0 Å². The number of fused-ring (bicyclic) bond motifs is 3. The number of hydrogen-bond acceptors (Lipinski definition) is 3. The molecule has 0 saturated heterocycles. The fraction of sp³-hybridized carbons (Fsp3) is 0.407. The lowest BCUT2D eigenvalue weighted by Gasteiger charge is -2.24. The van der Waals surface area contributed by atoms with Crippen molar-refractivity contribution in [1.29, 1.82) is 0 Å². The normalized spacial score (nSPS) is 14.0. The Hall–Kier alpha value is -2.88. The van der Waals surface area contributed by atoms with Crippen LogP contribution in [0.2, 0.25) is 0 Å². The van der Waals surface area contributed by atoms with Crippen LogP contribution in [0.15, 0.2) is 36.4 Å². The number of anilines is 1. The molecule has 160 valence electrons. The summed E-state index contributed by atoms with van der Waals surface area (Å²) in [6, 6.07) is 13.3. The summed E-state index contributed by atoms with van der Waals surface area (Å²) >= 11 is 0. The SMILES string of the molecule is CCCN(CC1CC1)c1nc(C)nc2c1c1ccccc1n2-c1c(C)cc(C)cc1C. The van der Waals surface area contributed by atoms with Gasteiger partial charge in [0.2, 0.25) is 0 Å². The van der Waals surface area contributed by atoms with Crippen molar-refractivity contribution in [2.75, 3.05) is 18.0 Å². The molecular formula is C27H32N4. The molecule has 0 spiro atoms. The highest BCUT2D eigenvalue weighted by Gasteiger charge is 2.28. The number of aryl methyl sites for hydroxylation is 4. The fourth-order valence-corrected chi connectivity index (χ4v) is 5.09. The van der Waals surface area contributed by atoms with Crippen LogP contribution < -0.4 is 4.90 Å². The van der Waals surface area contributed by atoms with Crippen LogP contribution in [0.5, 0.6) is 0 Å². The topological polar surface area (TPSA) is 34.0 Å². The Morgan fingerprint density at radius 2 is 1.71 bits per heavy atom. The first-order chi connectivity index (χ1) is 15.0. The number of hydrogen-bond donors (Lipinski definition) is 0. The molecule has 5 rings (SSSR count). The average Bonchev–Trinajstić information content (AvgIpc) is 3.48. The van der Waals surface area contributed by atoms with Gasteiger partial charge in [0.15, 0.2) is 5.65 Å². The van der Waals surface area contributed by atoms with Crippen LogP contribution in [0, 0.1) is 33.6 Å². The van der Waals surface area contributed by atoms with Gasteiger partial charge in [-0.3, -0.25) is 4.57 Å². The number of para-hydroxylation sites is 1. The third-order valence-electron chi connectivity index (χ3n) is 6.44. The molecule has 1 saturated carbocycles. The van der Waals surface area contributed by atoms with Crippen molar-refractivity contribution in [3.63, 3.8) is 0 Å². The summed E-state index contributed by atoms with van der Waals surface area (Å²) in [4.78, 5) is 12.5. The van der Waals surface area contributed by atoms with Crippen LogP contribution in [-0.2, 0) is 0 Å². The number of rotatable bonds is 6. The van der Waals surface area contributed by atoms with Crippen LogP contribution in [0.1, 0.15) is 48.7 Å². The van der Waals surface area contributed by atoms with E-state index in [0.717, 1.165) is 42.7 Å². The van der Waals surface area contributed by atoms with E-state index in [2.05, 4.69) is 73.6 Å². The Bertz CT molecular complexity index is 1260. The van der Waals surface area contributed by atoms with E-state index >= 15 is 0 Å². The fourth-order valence-electron chi connectivity index (χ4n) is 5.09. The highest BCUT2D eigenvalue weighted by Crippen LogP contribution is 2.39. The lowest BCUT2D eigenvalue weighted by Crippen LogP contribution is -2.28. The van der Waals surface area contributed by atoms with E-state index in [1.165, 1.54) is 51.5 Å². The molecule has 1 fully saturated rings. The molecule has 0 atom stereocenters. The molecule has 4 heteroatoms. The van der Waals surface area contributed by atoms with Crippen molar-refractivity contribution in [1.82, 2.24) is 14.5 Å². The zero-order valence-electron chi connectivity index (χ0n) is 19.4. The first kappa shape index (κ1) is 20.0. The summed E-state index contributed by atoms with van der Waals surface area (Å²) in [5, 5.41) is 2.43. The molecule has 0 aliphatic heterocycles. The molecule has 2 aromatic heterocycles. The van der Waals surface area contributed by atoms with Gasteiger partial charge in [0.1, 0.15) is 11.6 Å². The second-order valence-electron chi connectivity index (χ2n) is 9.28. The van der Waals surface area contributed by atoms with Crippen LogP contribution in [0.3, 0.4) is 0 Å². The second kappa shape index (κ2) is 7.67. The van der Waals surface area contributed by atoms with Gasteiger partial charge in [0.05, 0.1) is 16.6 Å². The van der Waals surface area contributed by atoms with Gasteiger partial charge in [-0.25, -0.2) is 9.97 Å². The van der Waals surface area contributed by atoms with E-state index in [0.29, 0.717) is 0 Å². The van der Waals surface area contributed by atoms with Gasteiger partial charge in [-0.05, 0) is 70.1 Å². The molecule has 31 heavy (non-hydrogen) atoms. The lowest BCUT2D eigenvalue weighted by molar-refractivity contribution is 0.699. The molecule has 1 aliphatic rings. The minimum Gasteiger partial charge on any atom is -0.356 e. The largest absolute Gasteiger partial charge is 0.356 e. The summed E-state index contributed by atoms with van der Waals surface area (Å²) in [6.45, 7) is 13.0. The number of benzene rings is 2. The minimum absolute atomic E-state index is 0.812. The Morgan fingerprint density at radius 3 is 2.39 bits per heavy atom. The molecule has 2 aromatic carbocycles. The van der Waals surface area contributed by atoms with Crippen molar-refractivity contribution in [2.45, 2.75) is 53.9 Å². The number of nitrogens with zero attached hydrogens (tertiary/aromatic N) is 4. The van der Waals surface area contributed by atoms with E-state index in [1.54, 1.807) is 0 Å². The lowest BCUT2D eigenvalue weighted by atomic mass is 10.0. The average molecular weight is 413 g/mol. The maximum Gasteiger partial charge on any atom is 0.151 e. The highest BCUT2D eigenvalue weighted by atomic mass is 15.2. The molecule has 0 amide bonds. The third-order valence-corrected chi connectivity index (χ3v) is 6.44. The van der Waals surface area contributed by atoms with Crippen molar-refractivity contribution in [3.05, 3.63) is 58.9 Å². The molecule has 4 aromatic rings. The smallest absolute Gasteiger partial charge is 0.151 e. The monoisotopic (exact) mass is 412 g/mol. The minimum atomic E-state index is 0.812. The predicted molar refractivity (Wildman–Crippen MR) is 131 cm³/mol. The van der Waals surface area contributed by atoms with Gasteiger partial charge in [-0.1, -0.05) is 42.8 Å². The van der Waals surface area contributed by atoms with E-state index in [4.69, 9.17) is 9.97 Å². The molecular weight excluding hydrogens is 380 g/mol. The molecule has 0 bridgehead atoms. The van der Waals surface area contributed by atoms with Crippen molar-refractivity contribution >= 4 is 27.8 Å². The van der Waals surface area contributed by atoms with Crippen LogP contribution in [0.25, 0.3) is 27.6 Å². The zero-order valence-corrected chi connectivity index (χ0v) is 19.4. The summed E-state index contributed by atoms with van der Waals surface area (Å²) in [5.41, 5.74) is 7.32. The van der Waals surface area contributed by atoms with Gasteiger partial charge in [0, 0.05) is 18.5 Å². The second-order valence-corrected chi connectivity index (χ2v) is 9.28. The third kappa shape index (κ3) is 3.48. The van der Waals surface area contributed by atoms with Crippen molar-refractivity contribution in [3.8, 4) is 5.69 Å². The Kier molecular flexibility index (Phi) is 4.96.